The highest BCUT2D eigenvalue weighted by atomic mass is 32.1. The minimum Gasteiger partial charge on any atom is -0.380 e. The van der Waals surface area contributed by atoms with E-state index in [2.05, 4.69) is 36.0 Å². The van der Waals surface area contributed by atoms with Gasteiger partial charge in [-0.2, -0.15) is 0 Å². The van der Waals surface area contributed by atoms with Gasteiger partial charge in [0, 0.05) is 37.3 Å². The highest BCUT2D eigenvalue weighted by molar-refractivity contribution is 7.15. The summed E-state index contributed by atoms with van der Waals surface area (Å²) in [6, 6.07) is 0. The van der Waals surface area contributed by atoms with Gasteiger partial charge in [0.1, 0.15) is 0 Å². The number of likely N-dealkylation sites (N-methyl/N-ethyl adjacent to an activating group) is 1. The SMILES string of the molecule is CCOCCN(CC)c1ncc(CNCC(C)C)s1. The van der Waals surface area contributed by atoms with Gasteiger partial charge in [0.2, 0.25) is 0 Å². The fourth-order valence-corrected chi connectivity index (χ4v) is 2.69. The normalized spacial score (nSPS) is 11.2. The van der Waals surface area contributed by atoms with Gasteiger partial charge >= 0.3 is 0 Å². The van der Waals surface area contributed by atoms with Gasteiger partial charge in [-0.1, -0.05) is 13.8 Å². The van der Waals surface area contributed by atoms with Gasteiger partial charge in [-0.25, -0.2) is 4.98 Å². The monoisotopic (exact) mass is 285 g/mol. The van der Waals surface area contributed by atoms with Crippen LogP contribution < -0.4 is 10.2 Å². The van der Waals surface area contributed by atoms with Crippen molar-refractivity contribution in [3.63, 3.8) is 0 Å². The third-order valence-corrected chi connectivity index (χ3v) is 3.81. The Morgan fingerprint density at radius 3 is 2.84 bits per heavy atom. The molecule has 5 heteroatoms. The van der Waals surface area contributed by atoms with E-state index in [-0.39, 0.29) is 0 Å². The van der Waals surface area contributed by atoms with Gasteiger partial charge in [-0.15, -0.1) is 11.3 Å². The summed E-state index contributed by atoms with van der Waals surface area (Å²) in [5.41, 5.74) is 0. The summed E-state index contributed by atoms with van der Waals surface area (Å²) < 4.78 is 5.41. The van der Waals surface area contributed by atoms with Crippen LogP contribution in [0.25, 0.3) is 0 Å². The van der Waals surface area contributed by atoms with E-state index in [9.17, 15) is 0 Å². The second-order valence-corrected chi connectivity index (χ2v) is 6.00. The van der Waals surface area contributed by atoms with Crippen molar-refractivity contribution in [3.8, 4) is 0 Å². The van der Waals surface area contributed by atoms with E-state index in [0.717, 1.165) is 44.5 Å². The van der Waals surface area contributed by atoms with E-state index in [0.29, 0.717) is 5.92 Å². The zero-order valence-electron chi connectivity index (χ0n) is 12.6. The van der Waals surface area contributed by atoms with Crippen LogP contribution in [0.4, 0.5) is 5.13 Å². The first-order chi connectivity index (χ1) is 9.17. The lowest BCUT2D eigenvalue weighted by molar-refractivity contribution is 0.154. The first-order valence-electron chi connectivity index (χ1n) is 7.15. The van der Waals surface area contributed by atoms with Crippen LogP contribution in [0.15, 0.2) is 6.20 Å². The Kier molecular flexibility index (Phi) is 8.02. The molecule has 4 nitrogen and oxygen atoms in total. The minimum absolute atomic E-state index is 0.686. The van der Waals surface area contributed by atoms with Crippen molar-refractivity contribution >= 4 is 16.5 Å². The Hall–Kier alpha value is -0.650. The van der Waals surface area contributed by atoms with Gasteiger partial charge in [0.25, 0.3) is 0 Å². The van der Waals surface area contributed by atoms with Crippen molar-refractivity contribution < 1.29 is 4.74 Å². The molecule has 1 aromatic heterocycles. The number of anilines is 1. The summed E-state index contributed by atoms with van der Waals surface area (Å²) in [5, 5.41) is 4.55. The molecule has 1 aromatic rings. The molecule has 0 radical (unpaired) electrons. The fourth-order valence-electron chi connectivity index (χ4n) is 1.72. The molecule has 1 N–H and O–H groups in total. The molecule has 0 aliphatic heterocycles. The quantitative estimate of drug-likeness (QED) is 0.671. The highest BCUT2D eigenvalue weighted by Gasteiger charge is 2.09. The Labute approximate surface area is 121 Å². The predicted octanol–water partition coefficient (Wildman–Crippen LogP) is 2.75. The standard InChI is InChI=1S/C14H27N3OS/c1-5-17(7-8-18-6-2)14-16-11-13(19-14)10-15-9-12(3)4/h11-12,15H,5-10H2,1-4H3. The second kappa shape index (κ2) is 9.28. The third-order valence-electron chi connectivity index (χ3n) is 2.76. The van der Waals surface area contributed by atoms with Crippen LogP contribution in [0.3, 0.4) is 0 Å². The van der Waals surface area contributed by atoms with Crippen LogP contribution in [0.2, 0.25) is 0 Å². The van der Waals surface area contributed by atoms with Crippen LogP contribution in [0, 0.1) is 5.92 Å². The van der Waals surface area contributed by atoms with E-state index in [1.165, 1.54) is 4.88 Å². The van der Waals surface area contributed by atoms with Crippen LogP contribution >= 0.6 is 11.3 Å². The molecule has 1 heterocycles. The Balaban J connectivity index is 2.42. The fraction of sp³-hybridized carbons (Fsp3) is 0.786. The first kappa shape index (κ1) is 16.4. The van der Waals surface area contributed by atoms with Crippen LogP contribution in [0.1, 0.15) is 32.6 Å². The molecule has 19 heavy (non-hydrogen) atoms. The average Bonchev–Trinajstić information content (AvgIpc) is 2.83. The third kappa shape index (κ3) is 6.36. The predicted molar refractivity (Wildman–Crippen MR) is 83.0 cm³/mol. The molecule has 0 bridgehead atoms. The van der Waals surface area contributed by atoms with Gasteiger partial charge in [0.05, 0.1) is 6.61 Å². The smallest absolute Gasteiger partial charge is 0.185 e. The number of thiazole rings is 1. The van der Waals surface area contributed by atoms with Crippen molar-refractivity contribution in [2.24, 2.45) is 5.92 Å². The molecule has 0 fully saturated rings. The summed E-state index contributed by atoms with van der Waals surface area (Å²) in [4.78, 5) is 8.08. The van der Waals surface area contributed by atoms with Crippen molar-refractivity contribution in [1.29, 1.82) is 0 Å². The zero-order chi connectivity index (χ0) is 14.1. The van der Waals surface area contributed by atoms with Crippen molar-refractivity contribution in [2.75, 3.05) is 37.7 Å². The molecule has 0 amide bonds. The Morgan fingerprint density at radius 1 is 1.42 bits per heavy atom. The number of nitrogens with zero attached hydrogens (tertiary/aromatic N) is 2. The van der Waals surface area contributed by atoms with Crippen LogP contribution in [-0.4, -0.2) is 37.8 Å². The minimum atomic E-state index is 0.686. The van der Waals surface area contributed by atoms with E-state index in [1.807, 2.05) is 13.1 Å². The second-order valence-electron chi connectivity index (χ2n) is 4.91. The number of hydrogen-bond donors (Lipinski definition) is 1. The number of aromatic nitrogens is 1. The molecule has 0 saturated carbocycles. The molecule has 1 rings (SSSR count). The van der Waals surface area contributed by atoms with Gasteiger partial charge in [-0.3, -0.25) is 0 Å². The Morgan fingerprint density at radius 2 is 2.21 bits per heavy atom. The van der Waals surface area contributed by atoms with Crippen LogP contribution in [-0.2, 0) is 11.3 Å². The molecule has 0 aliphatic carbocycles. The lowest BCUT2D eigenvalue weighted by atomic mass is 10.2. The maximum atomic E-state index is 5.41. The average molecular weight is 285 g/mol. The van der Waals surface area contributed by atoms with Crippen molar-refractivity contribution in [3.05, 3.63) is 11.1 Å². The number of rotatable bonds is 10. The largest absolute Gasteiger partial charge is 0.380 e. The molecular formula is C14H27N3OS. The number of nitrogens with one attached hydrogen (secondary N) is 1. The van der Waals surface area contributed by atoms with Crippen molar-refractivity contribution in [1.82, 2.24) is 10.3 Å². The lowest BCUT2D eigenvalue weighted by Crippen LogP contribution is -2.26. The highest BCUT2D eigenvalue weighted by Crippen LogP contribution is 2.22. The van der Waals surface area contributed by atoms with Crippen LogP contribution in [0.5, 0.6) is 0 Å². The molecule has 0 spiro atoms. The molecule has 0 saturated heterocycles. The molecule has 0 atom stereocenters. The molecule has 0 unspecified atom stereocenters. The maximum Gasteiger partial charge on any atom is 0.185 e. The van der Waals surface area contributed by atoms with Gasteiger partial charge in [-0.05, 0) is 26.3 Å². The van der Waals surface area contributed by atoms with E-state index in [1.54, 1.807) is 11.3 Å². The zero-order valence-corrected chi connectivity index (χ0v) is 13.4. The Bertz CT molecular complexity index is 341. The number of hydrogen-bond acceptors (Lipinski definition) is 5. The summed E-state index contributed by atoms with van der Waals surface area (Å²) >= 11 is 1.77. The van der Waals surface area contributed by atoms with Gasteiger partial charge in [0.15, 0.2) is 5.13 Å². The molecule has 0 aliphatic rings. The van der Waals surface area contributed by atoms with E-state index < -0.39 is 0 Å². The summed E-state index contributed by atoms with van der Waals surface area (Å²) in [6.45, 7) is 14.0. The maximum absolute atomic E-state index is 5.41. The summed E-state index contributed by atoms with van der Waals surface area (Å²) in [7, 11) is 0. The van der Waals surface area contributed by atoms with E-state index in [4.69, 9.17) is 4.74 Å². The molecule has 110 valence electrons. The van der Waals surface area contributed by atoms with Gasteiger partial charge < -0.3 is 15.0 Å². The lowest BCUT2D eigenvalue weighted by Gasteiger charge is -2.19. The van der Waals surface area contributed by atoms with Crippen molar-refractivity contribution in [2.45, 2.75) is 34.2 Å². The number of ether oxygens (including phenoxy) is 1. The summed E-state index contributed by atoms with van der Waals surface area (Å²) in [5.74, 6) is 0.686. The summed E-state index contributed by atoms with van der Waals surface area (Å²) in [6.07, 6.45) is 1.98. The molecule has 0 aromatic carbocycles. The van der Waals surface area contributed by atoms with E-state index >= 15 is 0 Å². The topological polar surface area (TPSA) is 37.4 Å². The molecular weight excluding hydrogens is 258 g/mol. The first-order valence-corrected chi connectivity index (χ1v) is 7.97.